The van der Waals surface area contributed by atoms with Crippen molar-refractivity contribution < 1.29 is 89.4 Å². The Kier molecular flexibility index (Phi) is 27.1. The van der Waals surface area contributed by atoms with Crippen molar-refractivity contribution >= 4 is 5.91 Å². The molecule has 1 amide bonds. The molecular formula is C45H77NO18. The number of hydrogen-bond donors (Lipinski definition) is 12. The van der Waals surface area contributed by atoms with Crippen LogP contribution in [-0.4, -0.2) is 193 Å². The highest BCUT2D eigenvalue weighted by Gasteiger charge is 2.53. The SMILES string of the molecule is C/C=C/CC/C=C/CC/C=C/C(O)C(COC1OC(CO)C(OC2OC(CO)C(OC3OC(CO)C(O)C(O)C3O)C(O)C2O)C(O)C1O)NC(=O)CCCCCCC/C=C\CCC. The van der Waals surface area contributed by atoms with Gasteiger partial charge in [-0.05, 0) is 58.3 Å². The number of aliphatic hydroxyl groups excluding tert-OH is 11. The van der Waals surface area contributed by atoms with Crippen molar-refractivity contribution in [1.29, 1.82) is 0 Å². The largest absolute Gasteiger partial charge is 0.394 e. The van der Waals surface area contributed by atoms with Gasteiger partial charge in [0.15, 0.2) is 18.9 Å². The van der Waals surface area contributed by atoms with Gasteiger partial charge in [0.25, 0.3) is 0 Å². The minimum Gasteiger partial charge on any atom is -0.394 e. The van der Waals surface area contributed by atoms with E-state index >= 15 is 0 Å². The summed E-state index contributed by atoms with van der Waals surface area (Å²) in [6.45, 7) is 1.30. The number of aliphatic hydroxyl groups is 11. The third-order valence-corrected chi connectivity index (χ3v) is 11.4. The van der Waals surface area contributed by atoms with Crippen LogP contribution in [0.15, 0.2) is 48.6 Å². The van der Waals surface area contributed by atoms with Crippen molar-refractivity contribution in [2.24, 2.45) is 0 Å². The topological polar surface area (TPSA) is 307 Å². The van der Waals surface area contributed by atoms with E-state index in [2.05, 4.69) is 42.6 Å². The van der Waals surface area contributed by atoms with Crippen LogP contribution in [0.25, 0.3) is 0 Å². The highest BCUT2D eigenvalue weighted by Crippen LogP contribution is 2.33. The van der Waals surface area contributed by atoms with E-state index in [4.69, 9.17) is 28.4 Å². The molecule has 0 spiro atoms. The average molecular weight is 920 g/mol. The van der Waals surface area contributed by atoms with Crippen LogP contribution in [0.5, 0.6) is 0 Å². The summed E-state index contributed by atoms with van der Waals surface area (Å²) in [6, 6.07) is -0.995. The predicted molar refractivity (Wildman–Crippen MR) is 231 cm³/mol. The summed E-state index contributed by atoms with van der Waals surface area (Å²) in [5.74, 6) is -0.310. The molecule has 0 radical (unpaired) electrons. The molecule has 0 aromatic rings. The maximum absolute atomic E-state index is 13.1. The number of unbranched alkanes of at least 4 members (excludes halogenated alkanes) is 8. The summed E-state index contributed by atoms with van der Waals surface area (Å²) < 4.78 is 33.9. The summed E-state index contributed by atoms with van der Waals surface area (Å²) in [4.78, 5) is 13.1. The molecule has 17 unspecified atom stereocenters. The van der Waals surface area contributed by atoms with Crippen LogP contribution in [0.4, 0.5) is 0 Å². The van der Waals surface area contributed by atoms with E-state index in [9.17, 15) is 61.0 Å². The minimum atomic E-state index is -1.98. The number of allylic oxidation sites excluding steroid dienone is 7. The Balaban J connectivity index is 1.61. The molecule has 64 heavy (non-hydrogen) atoms. The molecule has 12 N–H and O–H groups in total. The van der Waals surface area contributed by atoms with Crippen molar-refractivity contribution in [2.45, 2.75) is 202 Å². The fourth-order valence-electron chi connectivity index (χ4n) is 7.52. The van der Waals surface area contributed by atoms with Gasteiger partial charge in [-0.1, -0.05) is 81.2 Å². The highest BCUT2D eigenvalue weighted by atomic mass is 16.8. The highest BCUT2D eigenvalue weighted by molar-refractivity contribution is 5.76. The molecule has 0 bridgehead atoms. The van der Waals surface area contributed by atoms with Crippen LogP contribution in [0.3, 0.4) is 0 Å². The van der Waals surface area contributed by atoms with Gasteiger partial charge in [0.05, 0.1) is 38.6 Å². The minimum absolute atomic E-state index is 0.218. The van der Waals surface area contributed by atoms with Gasteiger partial charge in [0, 0.05) is 6.42 Å². The van der Waals surface area contributed by atoms with Crippen LogP contribution in [0.1, 0.15) is 97.3 Å². The van der Waals surface area contributed by atoms with Gasteiger partial charge in [0.1, 0.15) is 73.2 Å². The average Bonchev–Trinajstić information content (AvgIpc) is 3.29. The lowest BCUT2D eigenvalue weighted by Gasteiger charge is -2.48. The molecule has 0 aromatic carbocycles. The lowest BCUT2D eigenvalue weighted by molar-refractivity contribution is -0.379. The maximum atomic E-state index is 13.1. The molecule has 17 atom stereocenters. The van der Waals surface area contributed by atoms with Crippen molar-refractivity contribution in [3.63, 3.8) is 0 Å². The number of amides is 1. The first-order valence-corrected chi connectivity index (χ1v) is 22.9. The van der Waals surface area contributed by atoms with Gasteiger partial charge in [-0.15, -0.1) is 0 Å². The Morgan fingerprint density at radius 2 is 1.06 bits per heavy atom. The van der Waals surface area contributed by atoms with Crippen molar-refractivity contribution in [3.05, 3.63) is 48.6 Å². The second-order valence-electron chi connectivity index (χ2n) is 16.5. The normalized spacial score (nSPS) is 34.9. The smallest absolute Gasteiger partial charge is 0.220 e. The lowest BCUT2D eigenvalue weighted by Crippen LogP contribution is -2.66. The fourth-order valence-corrected chi connectivity index (χ4v) is 7.52. The molecule has 3 rings (SSSR count). The zero-order chi connectivity index (χ0) is 47.0. The molecule has 370 valence electrons. The Morgan fingerprint density at radius 1 is 0.578 bits per heavy atom. The second-order valence-corrected chi connectivity index (χ2v) is 16.5. The van der Waals surface area contributed by atoms with Gasteiger partial charge < -0.3 is 89.9 Å². The van der Waals surface area contributed by atoms with E-state index in [-0.39, 0.29) is 18.9 Å². The van der Waals surface area contributed by atoms with Crippen molar-refractivity contribution in [1.82, 2.24) is 5.32 Å². The quantitative estimate of drug-likeness (QED) is 0.0337. The van der Waals surface area contributed by atoms with Gasteiger partial charge in [0.2, 0.25) is 5.91 Å². The Labute approximate surface area is 376 Å². The first-order chi connectivity index (χ1) is 30.8. The number of carbonyl (C=O) groups is 1. The molecule has 0 aromatic heterocycles. The van der Waals surface area contributed by atoms with Crippen LogP contribution < -0.4 is 5.32 Å². The number of hydrogen-bond acceptors (Lipinski definition) is 18. The van der Waals surface area contributed by atoms with E-state index < -0.39 is 124 Å². The third kappa shape index (κ3) is 17.8. The van der Waals surface area contributed by atoms with E-state index in [0.29, 0.717) is 12.8 Å². The monoisotopic (exact) mass is 920 g/mol. The van der Waals surface area contributed by atoms with E-state index in [1.54, 1.807) is 12.2 Å². The Hall–Kier alpha value is -2.25. The Bertz CT molecular complexity index is 1380. The summed E-state index contributed by atoms with van der Waals surface area (Å²) in [5, 5.41) is 119. The number of ether oxygens (including phenoxy) is 6. The standard InChI is InChI=1S/C45H77NO18/c1-3-5-7-9-11-13-15-17-19-21-23-33(51)46-28(29(50)22-20-18-16-14-12-10-8-6-4-2)27-59-43-39(57)36(54)41(31(25-48)61-43)64-45-40(58)37(55)42(32(26-49)62-45)63-44-38(56)35(53)34(52)30(24-47)60-44/h4,6-7,9,12,14,20,22,28-32,34-45,47-50,52-58H,3,5,8,10-11,13,15-19,21,23-27H2,1-2H3,(H,46,51)/b6-4+,9-7-,14-12+,22-20+. The molecule has 19 heteroatoms. The first kappa shape index (κ1) is 56.1. The van der Waals surface area contributed by atoms with E-state index in [0.717, 1.165) is 64.2 Å². The van der Waals surface area contributed by atoms with Gasteiger partial charge in [-0.2, -0.15) is 0 Å². The molecule has 3 aliphatic heterocycles. The molecule has 3 fully saturated rings. The molecular weight excluding hydrogens is 842 g/mol. The zero-order valence-electron chi connectivity index (χ0n) is 37.2. The maximum Gasteiger partial charge on any atom is 0.220 e. The van der Waals surface area contributed by atoms with Gasteiger partial charge in [-0.3, -0.25) is 4.79 Å². The molecule has 0 saturated carbocycles. The first-order valence-electron chi connectivity index (χ1n) is 22.9. The van der Waals surface area contributed by atoms with Gasteiger partial charge >= 0.3 is 0 Å². The molecule has 3 heterocycles. The Morgan fingerprint density at radius 3 is 1.66 bits per heavy atom. The fraction of sp³-hybridized carbons (Fsp3) is 0.800. The summed E-state index contributed by atoms with van der Waals surface area (Å²) in [7, 11) is 0. The number of nitrogens with one attached hydrogen (secondary N) is 1. The van der Waals surface area contributed by atoms with E-state index in [1.807, 2.05) is 13.0 Å². The van der Waals surface area contributed by atoms with Crippen LogP contribution in [0.2, 0.25) is 0 Å². The van der Waals surface area contributed by atoms with Crippen LogP contribution in [0, 0.1) is 0 Å². The summed E-state index contributed by atoms with van der Waals surface area (Å²) in [6.07, 6.45) is 0.396. The van der Waals surface area contributed by atoms with Crippen LogP contribution in [-0.2, 0) is 33.2 Å². The second kappa shape index (κ2) is 30.9. The van der Waals surface area contributed by atoms with E-state index in [1.165, 1.54) is 0 Å². The summed E-state index contributed by atoms with van der Waals surface area (Å²) in [5.41, 5.74) is 0. The van der Waals surface area contributed by atoms with Crippen molar-refractivity contribution in [2.75, 3.05) is 26.4 Å². The lowest BCUT2D eigenvalue weighted by atomic mass is 9.96. The number of rotatable bonds is 29. The van der Waals surface area contributed by atoms with Crippen LogP contribution >= 0.6 is 0 Å². The molecule has 19 nitrogen and oxygen atoms in total. The third-order valence-electron chi connectivity index (χ3n) is 11.4. The summed E-state index contributed by atoms with van der Waals surface area (Å²) >= 11 is 0. The van der Waals surface area contributed by atoms with Crippen molar-refractivity contribution in [3.8, 4) is 0 Å². The number of carbonyl (C=O) groups excluding carboxylic acids is 1. The zero-order valence-corrected chi connectivity index (χ0v) is 37.2. The molecule has 0 aliphatic carbocycles. The molecule has 3 saturated heterocycles. The van der Waals surface area contributed by atoms with Gasteiger partial charge in [-0.25, -0.2) is 0 Å². The predicted octanol–water partition coefficient (Wildman–Crippen LogP) is -0.367. The molecule has 3 aliphatic rings.